The van der Waals surface area contributed by atoms with E-state index in [9.17, 15) is 14.3 Å². The summed E-state index contributed by atoms with van der Waals surface area (Å²) >= 11 is 0. The lowest BCUT2D eigenvalue weighted by Gasteiger charge is -2.20. The van der Waals surface area contributed by atoms with Crippen LogP contribution >= 0.6 is 24.0 Å². The van der Waals surface area contributed by atoms with Gasteiger partial charge in [0.05, 0.1) is 6.54 Å². The molecule has 1 aromatic rings. The minimum Gasteiger partial charge on any atom is -0.505 e. The van der Waals surface area contributed by atoms with Gasteiger partial charge >= 0.3 is 0 Å². The molecule has 1 fully saturated rings. The number of carbonyl (C=O) groups excluding carboxylic acids is 1. The molecule has 8 heteroatoms. The number of nitrogens with zero attached hydrogens (tertiary/aromatic N) is 2. The van der Waals surface area contributed by atoms with Crippen LogP contribution in [0.4, 0.5) is 4.39 Å². The van der Waals surface area contributed by atoms with E-state index in [0.717, 1.165) is 13.0 Å². The molecule has 1 saturated heterocycles. The van der Waals surface area contributed by atoms with Crippen molar-refractivity contribution in [3.63, 3.8) is 0 Å². The largest absolute Gasteiger partial charge is 0.505 e. The average Bonchev–Trinajstić information content (AvgIpc) is 3.03. The standard InChI is InChI=1S/C18H27FN4O2.HI/c1-4-20-18(21-10-13-5-6-16(24)15(19)9-13)22-14-7-8-23(11-14)17(25)12(2)3;/h5-6,9,12,14,24H,4,7-8,10-11H2,1-3H3,(H2,20,21,22);1H. The SMILES string of the molecule is CCNC(=NCc1ccc(O)c(F)c1)NC1CCN(C(=O)C(C)C)C1.I. The maximum absolute atomic E-state index is 13.4. The second kappa shape index (κ2) is 10.5. The molecule has 1 unspecified atom stereocenters. The Morgan fingerprint density at radius 2 is 2.19 bits per heavy atom. The highest BCUT2D eigenvalue weighted by Gasteiger charge is 2.27. The Hall–Kier alpha value is -1.58. The Kier molecular flexibility index (Phi) is 9.11. The molecule has 0 bridgehead atoms. The van der Waals surface area contributed by atoms with E-state index in [0.29, 0.717) is 31.2 Å². The van der Waals surface area contributed by atoms with Crippen LogP contribution in [0.3, 0.4) is 0 Å². The quantitative estimate of drug-likeness (QED) is 0.345. The third-order valence-electron chi connectivity index (χ3n) is 4.11. The smallest absolute Gasteiger partial charge is 0.225 e. The van der Waals surface area contributed by atoms with Gasteiger partial charge in [0.1, 0.15) is 0 Å². The molecule has 0 radical (unpaired) electrons. The van der Waals surface area contributed by atoms with Crippen molar-refractivity contribution in [2.24, 2.45) is 10.9 Å². The van der Waals surface area contributed by atoms with Crippen LogP contribution in [-0.4, -0.2) is 47.5 Å². The van der Waals surface area contributed by atoms with Crippen molar-refractivity contribution in [2.75, 3.05) is 19.6 Å². The van der Waals surface area contributed by atoms with Crippen LogP contribution in [0.25, 0.3) is 0 Å². The zero-order chi connectivity index (χ0) is 18.4. The van der Waals surface area contributed by atoms with Gasteiger partial charge in [0.25, 0.3) is 0 Å². The molecule has 2 rings (SSSR count). The highest BCUT2D eigenvalue weighted by atomic mass is 127. The second-order valence-electron chi connectivity index (χ2n) is 6.55. The van der Waals surface area contributed by atoms with Crippen LogP contribution in [0.5, 0.6) is 5.75 Å². The van der Waals surface area contributed by atoms with Crippen molar-refractivity contribution >= 4 is 35.8 Å². The Morgan fingerprint density at radius 3 is 2.81 bits per heavy atom. The molecule has 0 aromatic heterocycles. The molecule has 1 heterocycles. The van der Waals surface area contributed by atoms with Gasteiger partial charge in [-0.3, -0.25) is 4.79 Å². The predicted octanol–water partition coefficient (Wildman–Crippen LogP) is 2.46. The molecular weight excluding hydrogens is 450 g/mol. The third kappa shape index (κ3) is 6.30. The molecule has 146 valence electrons. The second-order valence-corrected chi connectivity index (χ2v) is 6.55. The number of carbonyl (C=O) groups is 1. The number of aromatic hydroxyl groups is 1. The molecule has 1 aliphatic rings. The van der Waals surface area contributed by atoms with Crippen molar-refractivity contribution in [2.45, 2.75) is 39.8 Å². The number of hydrogen-bond acceptors (Lipinski definition) is 3. The van der Waals surface area contributed by atoms with Gasteiger partial charge in [0, 0.05) is 31.6 Å². The lowest BCUT2D eigenvalue weighted by atomic mass is 10.2. The molecule has 0 saturated carbocycles. The number of likely N-dealkylation sites (tertiary alicyclic amines) is 1. The van der Waals surface area contributed by atoms with E-state index in [-0.39, 0.29) is 47.6 Å². The lowest BCUT2D eigenvalue weighted by Crippen LogP contribution is -2.45. The van der Waals surface area contributed by atoms with Crippen molar-refractivity contribution in [1.82, 2.24) is 15.5 Å². The minimum atomic E-state index is -0.649. The maximum Gasteiger partial charge on any atom is 0.225 e. The summed E-state index contributed by atoms with van der Waals surface area (Å²) < 4.78 is 13.4. The van der Waals surface area contributed by atoms with Crippen LogP contribution in [-0.2, 0) is 11.3 Å². The highest BCUT2D eigenvalue weighted by Crippen LogP contribution is 2.17. The monoisotopic (exact) mass is 478 g/mol. The third-order valence-corrected chi connectivity index (χ3v) is 4.11. The van der Waals surface area contributed by atoms with Crippen LogP contribution < -0.4 is 10.6 Å². The van der Waals surface area contributed by atoms with E-state index in [4.69, 9.17) is 0 Å². The first-order chi connectivity index (χ1) is 11.9. The number of phenols is 1. The summed E-state index contributed by atoms with van der Waals surface area (Å²) in [6.45, 7) is 8.20. The Bertz CT molecular complexity index is 640. The van der Waals surface area contributed by atoms with Gasteiger partial charge in [-0.15, -0.1) is 24.0 Å². The number of guanidine groups is 1. The Balaban J connectivity index is 0.00000338. The average molecular weight is 478 g/mol. The molecular formula is C18H28FIN4O2. The van der Waals surface area contributed by atoms with E-state index >= 15 is 0 Å². The number of hydrogen-bond donors (Lipinski definition) is 3. The van der Waals surface area contributed by atoms with Crippen molar-refractivity contribution in [1.29, 1.82) is 0 Å². The number of halogens is 2. The summed E-state index contributed by atoms with van der Waals surface area (Å²) in [7, 11) is 0. The first-order valence-electron chi connectivity index (χ1n) is 8.71. The molecule has 6 nitrogen and oxygen atoms in total. The van der Waals surface area contributed by atoms with Crippen LogP contribution in [0.1, 0.15) is 32.8 Å². The van der Waals surface area contributed by atoms with Crippen molar-refractivity contribution in [3.8, 4) is 5.75 Å². The van der Waals surface area contributed by atoms with Gasteiger partial charge < -0.3 is 20.6 Å². The molecule has 1 amide bonds. The number of amides is 1. The van der Waals surface area contributed by atoms with Crippen LogP contribution in [0.2, 0.25) is 0 Å². The number of aliphatic imine (C=N–C) groups is 1. The first kappa shape index (κ1) is 22.5. The van der Waals surface area contributed by atoms with Crippen LogP contribution in [0.15, 0.2) is 23.2 Å². The van der Waals surface area contributed by atoms with Gasteiger partial charge in [-0.2, -0.15) is 0 Å². The summed E-state index contributed by atoms with van der Waals surface area (Å²) in [6.07, 6.45) is 0.872. The Labute approximate surface area is 171 Å². The summed E-state index contributed by atoms with van der Waals surface area (Å²) in [5.74, 6) is -0.196. The Morgan fingerprint density at radius 1 is 1.46 bits per heavy atom. The van der Waals surface area contributed by atoms with Gasteiger partial charge in [0.15, 0.2) is 17.5 Å². The maximum atomic E-state index is 13.4. The van der Waals surface area contributed by atoms with E-state index in [1.807, 2.05) is 25.7 Å². The van der Waals surface area contributed by atoms with Gasteiger partial charge in [-0.25, -0.2) is 9.38 Å². The molecule has 1 aliphatic heterocycles. The highest BCUT2D eigenvalue weighted by molar-refractivity contribution is 14.0. The van der Waals surface area contributed by atoms with E-state index in [1.165, 1.54) is 12.1 Å². The zero-order valence-electron chi connectivity index (χ0n) is 15.5. The first-order valence-corrected chi connectivity index (χ1v) is 8.71. The van der Waals surface area contributed by atoms with Gasteiger partial charge in [-0.05, 0) is 31.0 Å². The van der Waals surface area contributed by atoms with E-state index < -0.39 is 5.82 Å². The summed E-state index contributed by atoms with van der Waals surface area (Å²) in [4.78, 5) is 18.4. The number of rotatable bonds is 5. The lowest BCUT2D eigenvalue weighted by molar-refractivity contribution is -0.133. The van der Waals surface area contributed by atoms with Crippen molar-refractivity contribution in [3.05, 3.63) is 29.6 Å². The molecule has 0 spiro atoms. The fraction of sp³-hybridized carbons (Fsp3) is 0.556. The summed E-state index contributed by atoms with van der Waals surface area (Å²) in [6, 6.07) is 4.40. The number of phenolic OH excluding ortho intramolecular Hbond substituents is 1. The zero-order valence-corrected chi connectivity index (χ0v) is 17.8. The van der Waals surface area contributed by atoms with Crippen LogP contribution in [0, 0.1) is 11.7 Å². The summed E-state index contributed by atoms with van der Waals surface area (Å²) in [5.41, 5.74) is 0.676. The predicted molar refractivity (Wildman–Crippen MR) is 111 cm³/mol. The fourth-order valence-corrected chi connectivity index (χ4v) is 2.78. The van der Waals surface area contributed by atoms with Gasteiger partial charge in [-0.1, -0.05) is 19.9 Å². The minimum absolute atomic E-state index is 0. The molecule has 26 heavy (non-hydrogen) atoms. The molecule has 0 aliphatic carbocycles. The van der Waals surface area contributed by atoms with E-state index in [2.05, 4.69) is 15.6 Å². The number of benzene rings is 1. The number of nitrogens with one attached hydrogen (secondary N) is 2. The molecule has 1 atom stereocenters. The van der Waals surface area contributed by atoms with Crippen molar-refractivity contribution < 1.29 is 14.3 Å². The topological polar surface area (TPSA) is 77.0 Å². The summed E-state index contributed by atoms with van der Waals surface area (Å²) in [5, 5.41) is 15.7. The van der Waals surface area contributed by atoms with Gasteiger partial charge in [0.2, 0.25) is 5.91 Å². The molecule has 1 aromatic carbocycles. The normalized spacial score (nSPS) is 17.2. The molecule has 3 N–H and O–H groups in total. The van der Waals surface area contributed by atoms with E-state index in [1.54, 1.807) is 6.07 Å². The fourth-order valence-electron chi connectivity index (χ4n) is 2.78.